The molecule has 0 spiro atoms. The number of sulfonamides is 1. The number of nitrogens with zero attached hydrogens (tertiary/aromatic N) is 1. The normalized spacial score (nSPS) is 12.0. The van der Waals surface area contributed by atoms with Crippen LogP contribution in [0.25, 0.3) is 0 Å². The third-order valence-corrected chi connectivity index (χ3v) is 6.93. The highest BCUT2D eigenvalue weighted by Gasteiger charge is 2.25. The summed E-state index contributed by atoms with van der Waals surface area (Å²) in [5, 5.41) is 0. The number of nitrogens with two attached hydrogens (primary N) is 1. The molecule has 1 aromatic carbocycles. The highest BCUT2D eigenvalue weighted by molar-refractivity contribution is 9.11. The van der Waals surface area contributed by atoms with Crippen molar-refractivity contribution in [2.24, 2.45) is 0 Å². The second-order valence-electron chi connectivity index (χ2n) is 4.61. The lowest BCUT2D eigenvalue weighted by Crippen LogP contribution is -2.30. The number of halogens is 1. The minimum atomic E-state index is -3.55. The van der Waals surface area contributed by atoms with Crippen LogP contribution in [0.1, 0.15) is 17.4 Å². The molecule has 0 amide bonds. The maximum atomic E-state index is 12.8. The molecule has 0 fully saturated rings. The monoisotopic (exact) mass is 388 g/mol. The molecule has 0 saturated carbocycles. The third kappa shape index (κ3) is 3.48. The maximum absolute atomic E-state index is 12.8. The van der Waals surface area contributed by atoms with Crippen LogP contribution < -0.4 is 5.73 Å². The van der Waals surface area contributed by atoms with Gasteiger partial charge in [0.2, 0.25) is 10.0 Å². The van der Waals surface area contributed by atoms with Crippen molar-refractivity contribution < 1.29 is 8.42 Å². The second-order valence-corrected chi connectivity index (χ2v) is 9.06. The Morgan fingerprint density at radius 3 is 2.57 bits per heavy atom. The molecular formula is C14H17BrN2O2S2. The van der Waals surface area contributed by atoms with E-state index in [-0.39, 0.29) is 4.90 Å². The van der Waals surface area contributed by atoms with E-state index < -0.39 is 10.0 Å². The number of hydrogen-bond donors (Lipinski definition) is 1. The molecule has 21 heavy (non-hydrogen) atoms. The average molecular weight is 389 g/mol. The van der Waals surface area contributed by atoms with Gasteiger partial charge >= 0.3 is 0 Å². The van der Waals surface area contributed by atoms with Crippen molar-refractivity contribution in [2.75, 3.05) is 12.3 Å². The van der Waals surface area contributed by atoms with Gasteiger partial charge in [0.05, 0.1) is 8.68 Å². The van der Waals surface area contributed by atoms with Crippen molar-refractivity contribution in [3.05, 3.63) is 44.6 Å². The van der Waals surface area contributed by atoms with Crippen LogP contribution in [0.3, 0.4) is 0 Å². The van der Waals surface area contributed by atoms with E-state index in [0.29, 0.717) is 24.3 Å². The summed E-state index contributed by atoms with van der Waals surface area (Å²) in [5.41, 5.74) is 6.92. The molecule has 1 heterocycles. The molecule has 0 aliphatic rings. The van der Waals surface area contributed by atoms with Crippen LogP contribution in [0.2, 0.25) is 0 Å². The van der Waals surface area contributed by atoms with Gasteiger partial charge in [0.25, 0.3) is 0 Å². The minimum absolute atomic E-state index is 0.278. The van der Waals surface area contributed by atoms with E-state index in [9.17, 15) is 8.42 Å². The number of thiophene rings is 1. The maximum Gasteiger partial charge on any atom is 0.243 e. The van der Waals surface area contributed by atoms with Gasteiger partial charge in [-0.25, -0.2) is 8.42 Å². The van der Waals surface area contributed by atoms with Crippen molar-refractivity contribution in [3.63, 3.8) is 0 Å². The zero-order valence-corrected chi connectivity index (χ0v) is 15.1. The van der Waals surface area contributed by atoms with E-state index in [1.165, 1.54) is 15.6 Å². The molecule has 0 radical (unpaired) electrons. The molecule has 4 nitrogen and oxygen atoms in total. The first kappa shape index (κ1) is 16.5. The van der Waals surface area contributed by atoms with Crippen molar-refractivity contribution in [1.29, 1.82) is 0 Å². The van der Waals surface area contributed by atoms with Crippen molar-refractivity contribution in [1.82, 2.24) is 4.31 Å². The summed E-state index contributed by atoms with van der Waals surface area (Å²) in [7, 11) is -3.55. The van der Waals surface area contributed by atoms with Crippen LogP contribution in [-0.4, -0.2) is 19.3 Å². The van der Waals surface area contributed by atoms with Crippen LogP contribution in [0, 0.1) is 6.92 Å². The molecule has 0 aliphatic carbocycles. The fraction of sp³-hybridized carbons (Fsp3) is 0.286. The van der Waals surface area contributed by atoms with E-state index in [4.69, 9.17) is 5.73 Å². The van der Waals surface area contributed by atoms with Gasteiger partial charge in [0, 0.05) is 23.7 Å². The van der Waals surface area contributed by atoms with Crippen molar-refractivity contribution >= 4 is 43.0 Å². The molecule has 0 aliphatic heterocycles. The predicted octanol–water partition coefficient (Wildman–Crippen LogP) is 3.61. The van der Waals surface area contributed by atoms with Gasteiger partial charge in [-0.1, -0.05) is 13.0 Å². The van der Waals surface area contributed by atoms with E-state index in [1.54, 1.807) is 25.1 Å². The van der Waals surface area contributed by atoms with Crippen LogP contribution in [0.4, 0.5) is 5.69 Å². The summed E-state index contributed by atoms with van der Waals surface area (Å²) in [6.45, 7) is 4.34. The van der Waals surface area contributed by atoms with E-state index in [0.717, 1.165) is 8.66 Å². The molecule has 2 aromatic rings. The molecule has 7 heteroatoms. The Morgan fingerprint density at radius 2 is 2.00 bits per heavy atom. The molecule has 114 valence electrons. The molecule has 0 unspecified atom stereocenters. The first-order chi connectivity index (χ1) is 9.86. The summed E-state index contributed by atoms with van der Waals surface area (Å²) < 4.78 is 28.1. The highest BCUT2D eigenvalue weighted by atomic mass is 79.9. The van der Waals surface area contributed by atoms with Gasteiger partial charge in [0.15, 0.2) is 0 Å². The Hall–Kier alpha value is -0.890. The lowest BCUT2D eigenvalue weighted by molar-refractivity contribution is 0.426. The molecule has 0 saturated heterocycles. The van der Waals surface area contributed by atoms with E-state index in [2.05, 4.69) is 15.9 Å². The quantitative estimate of drug-likeness (QED) is 0.795. The fourth-order valence-electron chi connectivity index (χ4n) is 2.03. The molecule has 2 rings (SSSR count). The third-order valence-electron chi connectivity index (χ3n) is 3.26. The summed E-state index contributed by atoms with van der Waals surface area (Å²) in [6.07, 6.45) is 0. The van der Waals surface area contributed by atoms with E-state index >= 15 is 0 Å². The second kappa shape index (κ2) is 6.48. The lowest BCUT2D eigenvalue weighted by Gasteiger charge is -2.21. The SMILES string of the molecule is CCN(Cc1ccc(Br)s1)S(=O)(=O)c1cccc(N)c1C. The number of benzene rings is 1. The largest absolute Gasteiger partial charge is 0.398 e. The number of nitrogen functional groups attached to an aromatic ring is 1. The lowest BCUT2D eigenvalue weighted by atomic mass is 10.2. The first-order valence-electron chi connectivity index (χ1n) is 6.45. The predicted molar refractivity (Wildman–Crippen MR) is 90.9 cm³/mol. The van der Waals surface area contributed by atoms with Crippen LogP contribution in [0.5, 0.6) is 0 Å². The number of rotatable bonds is 5. The molecule has 0 atom stereocenters. The Labute approximate surface area is 137 Å². The van der Waals surface area contributed by atoms with Gasteiger partial charge in [-0.2, -0.15) is 4.31 Å². The zero-order valence-electron chi connectivity index (χ0n) is 11.8. The molecule has 2 N–H and O–H groups in total. The first-order valence-corrected chi connectivity index (χ1v) is 9.50. The van der Waals surface area contributed by atoms with Gasteiger partial charge in [-0.05, 0) is 52.7 Å². The number of hydrogen-bond acceptors (Lipinski definition) is 4. The standard InChI is InChI=1S/C14H17BrN2O2S2/c1-3-17(9-11-7-8-14(15)20-11)21(18,19)13-6-4-5-12(16)10(13)2/h4-8H,3,9,16H2,1-2H3. The van der Waals surface area contributed by atoms with Crippen molar-refractivity contribution in [3.8, 4) is 0 Å². The van der Waals surface area contributed by atoms with Gasteiger partial charge in [-0.3, -0.25) is 0 Å². The van der Waals surface area contributed by atoms with Crippen molar-refractivity contribution in [2.45, 2.75) is 25.3 Å². The Balaban J connectivity index is 2.38. The zero-order chi connectivity index (χ0) is 15.6. The van der Waals surface area contributed by atoms with Gasteiger partial charge in [0.1, 0.15) is 0 Å². The molecule has 1 aromatic heterocycles. The molecule has 0 bridgehead atoms. The summed E-state index contributed by atoms with van der Waals surface area (Å²) in [6, 6.07) is 8.84. The average Bonchev–Trinajstić information content (AvgIpc) is 2.84. The van der Waals surface area contributed by atoms with Crippen LogP contribution in [0.15, 0.2) is 39.0 Å². The summed E-state index contributed by atoms with van der Waals surface area (Å²) >= 11 is 4.93. The van der Waals surface area contributed by atoms with Crippen LogP contribution >= 0.6 is 27.3 Å². The smallest absolute Gasteiger partial charge is 0.243 e. The van der Waals surface area contributed by atoms with Gasteiger partial charge < -0.3 is 5.73 Å². The summed E-state index contributed by atoms with van der Waals surface area (Å²) in [5.74, 6) is 0. The summed E-state index contributed by atoms with van der Waals surface area (Å²) in [4.78, 5) is 1.27. The topological polar surface area (TPSA) is 63.4 Å². The molecular weight excluding hydrogens is 372 g/mol. The fourth-order valence-corrected chi connectivity index (χ4v) is 5.29. The van der Waals surface area contributed by atoms with Crippen LogP contribution in [-0.2, 0) is 16.6 Å². The highest BCUT2D eigenvalue weighted by Crippen LogP contribution is 2.28. The Morgan fingerprint density at radius 1 is 1.29 bits per heavy atom. The minimum Gasteiger partial charge on any atom is -0.398 e. The number of anilines is 1. The Kier molecular flexibility index (Phi) is 5.08. The van der Waals surface area contributed by atoms with E-state index in [1.807, 2.05) is 19.1 Å². The van der Waals surface area contributed by atoms with Gasteiger partial charge in [-0.15, -0.1) is 11.3 Å². The Bertz CT molecular complexity index is 741.